The van der Waals surface area contributed by atoms with E-state index in [0.29, 0.717) is 16.3 Å². The van der Waals surface area contributed by atoms with Gasteiger partial charge in [0.1, 0.15) is 0 Å². The SMILES string of the molecule is C=C1C=C(c2ccc(Cl)cc2)C(=O)N1. The molecule has 1 amide bonds. The molecule has 1 aliphatic rings. The molecule has 1 aliphatic heterocycles. The van der Waals surface area contributed by atoms with Crippen LogP contribution in [0.5, 0.6) is 0 Å². The Morgan fingerprint density at radius 3 is 2.36 bits per heavy atom. The Hall–Kier alpha value is -1.54. The van der Waals surface area contributed by atoms with Crippen LogP contribution in [0.4, 0.5) is 0 Å². The van der Waals surface area contributed by atoms with Gasteiger partial charge < -0.3 is 5.32 Å². The third-order valence-electron chi connectivity index (χ3n) is 1.99. The Morgan fingerprint density at radius 2 is 1.86 bits per heavy atom. The Morgan fingerprint density at radius 1 is 1.21 bits per heavy atom. The topological polar surface area (TPSA) is 29.1 Å². The third-order valence-corrected chi connectivity index (χ3v) is 2.24. The maximum atomic E-state index is 11.4. The van der Waals surface area contributed by atoms with Crippen molar-refractivity contribution in [2.45, 2.75) is 0 Å². The normalized spacial score (nSPS) is 15.4. The molecule has 14 heavy (non-hydrogen) atoms. The van der Waals surface area contributed by atoms with Crippen molar-refractivity contribution in [3.05, 3.63) is 53.2 Å². The lowest BCUT2D eigenvalue weighted by Gasteiger charge is -1.99. The van der Waals surface area contributed by atoms with Crippen LogP contribution >= 0.6 is 11.6 Å². The van der Waals surface area contributed by atoms with E-state index in [-0.39, 0.29) is 5.91 Å². The third kappa shape index (κ3) is 1.56. The summed E-state index contributed by atoms with van der Waals surface area (Å²) >= 11 is 5.75. The van der Waals surface area contributed by atoms with Crippen molar-refractivity contribution in [2.75, 3.05) is 0 Å². The first-order valence-corrected chi connectivity index (χ1v) is 4.52. The molecule has 1 aromatic carbocycles. The molecular formula is C11H8ClNO. The number of hydrogen-bond donors (Lipinski definition) is 1. The van der Waals surface area contributed by atoms with Crippen LogP contribution in [-0.2, 0) is 4.79 Å². The molecule has 3 heteroatoms. The van der Waals surface area contributed by atoms with E-state index < -0.39 is 0 Å². The van der Waals surface area contributed by atoms with E-state index in [2.05, 4.69) is 11.9 Å². The van der Waals surface area contributed by atoms with Gasteiger partial charge in [-0.1, -0.05) is 30.3 Å². The molecule has 0 spiro atoms. The molecule has 70 valence electrons. The first-order valence-electron chi connectivity index (χ1n) is 4.15. The summed E-state index contributed by atoms with van der Waals surface area (Å²) in [6, 6.07) is 7.14. The number of benzene rings is 1. The first-order chi connectivity index (χ1) is 6.66. The summed E-state index contributed by atoms with van der Waals surface area (Å²) in [5, 5.41) is 3.28. The minimum atomic E-state index is -0.114. The number of hydrogen-bond acceptors (Lipinski definition) is 1. The summed E-state index contributed by atoms with van der Waals surface area (Å²) in [5.41, 5.74) is 2.11. The van der Waals surface area contributed by atoms with E-state index >= 15 is 0 Å². The molecule has 0 aliphatic carbocycles. The van der Waals surface area contributed by atoms with E-state index in [1.165, 1.54) is 0 Å². The molecule has 0 unspecified atom stereocenters. The van der Waals surface area contributed by atoms with Gasteiger partial charge in [-0.2, -0.15) is 0 Å². The van der Waals surface area contributed by atoms with Gasteiger partial charge >= 0.3 is 0 Å². The molecule has 0 bridgehead atoms. The van der Waals surface area contributed by atoms with Gasteiger partial charge in [0.25, 0.3) is 5.91 Å². The zero-order valence-electron chi connectivity index (χ0n) is 7.38. The quantitative estimate of drug-likeness (QED) is 0.750. The first kappa shape index (κ1) is 9.03. The minimum Gasteiger partial charge on any atom is -0.323 e. The second-order valence-electron chi connectivity index (χ2n) is 3.04. The summed E-state index contributed by atoms with van der Waals surface area (Å²) < 4.78 is 0. The number of rotatable bonds is 1. The highest BCUT2D eigenvalue weighted by atomic mass is 35.5. The van der Waals surface area contributed by atoms with E-state index in [1.807, 2.05) is 12.1 Å². The average Bonchev–Trinajstić information content (AvgIpc) is 2.47. The molecule has 0 aromatic heterocycles. The van der Waals surface area contributed by atoms with Crippen LogP contribution in [0.1, 0.15) is 5.56 Å². The zero-order valence-corrected chi connectivity index (χ0v) is 8.14. The van der Waals surface area contributed by atoms with Crippen molar-refractivity contribution < 1.29 is 4.79 Å². The van der Waals surface area contributed by atoms with Gasteiger partial charge in [-0.3, -0.25) is 4.79 Å². The van der Waals surface area contributed by atoms with Gasteiger partial charge in [0.2, 0.25) is 0 Å². The Bertz CT molecular complexity index is 431. The van der Waals surface area contributed by atoms with E-state index in [0.717, 1.165) is 5.56 Å². The van der Waals surface area contributed by atoms with Crippen LogP contribution in [0.15, 0.2) is 42.6 Å². The monoisotopic (exact) mass is 205 g/mol. The largest absolute Gasteiger partial charge is 0.323 e. The van der Waals surface area contributed by atoms with Gasteiger partial charge in [-0.15, -0.1) is 0 Å². The fraction of sp³-hybridized carbons (Fsp3) is 0. The van der Waals surface area contributed by atoms with Gasteiger partial charge in [-0.25, -0.2) is 0 Å². The summed E-state index contributed by atoms with van der Waals surface area (Å²) in [7, 11) is 0. The average molecular weight is 206 g/mol. The van der Waals surface area contributed by atoms with Crippen LogP contribution in [0.2, 0.25) is 5.02 Å². The Balaban J connectivity index is 2.41. The van der Waals surface area contributed by atoms with Crippen molar-refractivity contribution >= 4 is 23.1 Å². The number of halogens is 1. The molecule has 0 saturated carbocycles. The summed E-state index contributed by atoms with van der Waals surface area (Å²) in [4.78, 5) is 11.4. The smallest absolute Gasteiger partial charge is 0.256 e. The number of amides is 1. The van der Waals surface area contributed by atoms with Crippen LogP contribution in [0.25, 0.3) is 5.57 Å². The standard InChI is InChI=1S/C11H8ClNO/c1-7-6-10(11(14)13-7)8-2-4-9(12)5-3-8/h2-6H,1H2,(H,13,14). The van der Waals surface area contributed by atoms with Crippen LogP contribution in [0, 0.1) is 0 Å². The van der Waals surface area contributed by atoms with Crippen LogP contribution < -0.4 is 5.32 Å². The van der Waals surface area contributed by atoms with Gasteiger partial charge in [0.05, 0.1) is 0 Å². The molecule has 2 rings (SSSR count). The number of allylic oxidation sites excluding steroid dienone is 1. The molecule has 1 aromatic rings. The zero-order chi connectivity index (χ0) is 10.1. The highest BCUT2D eigenvalue weighted by Crippen LogP contribution is 2.22. The lowest BCUT2D eigenvalue weighted by atomic mass is 10.1. The predicted molar refractivity (Wildman–Crippen MR) is 56.7 cm³/mol. The fourth-order valence-corrected chi connectivity index (χ4v) is 1.46. The molecule has 1 N–H and O–H groups in total. The molecule has 0 fully saturated rings. The Kier molecular flexibility index (Phi) is 2.14. The van der Waals surface area contributed by atoms with E-state index in [9.17, 15) is 4.79 Å². The molecule has 0 atom stereocenters. The second kappa shape index (κ2) is 3.31. The van der Waals surface area contributed by atoms with Crippen molar-refractivity contribution in [2.24, 2.45) is 0 Å². The highest BCUT2D eigenvalue weighted by molar-refractivity contribution is 6.30. The molecule has 2 nitrogen and oxygen atoms in total. The number of carbonyl (C=O) groups is 1. The van der Waals surface area contributed by atoms with Crippen molar-refractivity contribution in [3.63, 3.8) is 0 Å². The minimum absolute atomic E-state index is 0.114. The van der Waals surface area contributed by atoms with E-state index in [4.69, 9.17) is 11.6 Å². The fourth-order valence-electron chi connectivity index (χ4n) is 1.33. The number of nitrogens with one attached hydrogen (secondary N) is 1. The second-order valence-corrected chi connectivity index (χ2v) is 3.48. The van der Waals surface area contributed by atoms with Gasteiger partial charge in [0.15, 0.2) is 0 Å². The van der Waals surface area contributed by atoms with Crippen molar-refractivity contribution in [1.29, 1.82) is 0 Å². The Labute approximate surface area is 86.9 Å². The molecular weight excluding hydrogens is 198 g/mol. The summed E-state index contributed by atoms with van der Waals surface area (Å²) in [5.74, 6) is -0.114. The van der Waals surface area contributed by atoms with Crippen molar-refractivity contribution in [3.8, 4) is 0 Å². The van der Waals surface area contributed by atoms with Crippen LogP contribution in [-0.4, -0.2) is 5.91 Å². The molecule has 1 heterocycles. The summed E-state index contributed by atoms with van der Waals surface area (Å²) in [6.45, 7) is 3.66. The number of carbonyl (C=O) groups excluding carboxylic acids is 1. The molecule has 0 radical (unpaired) electrons. The van der Waals surface area contributed by atoms with Crippen LogP contribution in [0.3, 0.4) is 0 Å². The predicted octanol–water partition coefficient (Wildman–Crippen LogP) is 2.37. The lowest BCUT2D eigenvalue weighted by molar-refractivity contribution is -0.114. The maximum absolute atomic E-state index is 11.4. The van der Waals surface area contributed by atoms with Gasteiger partial charge in [0, 0.05) is 16.3 Å². The highest BCUT2D eigenvalue weighted by Gasteiger charge is 2.18. The lowest BCUT2D eigenvalue weighted by Crippen LogP contribution is -2.14. The van der Waals surface area contributed by atoms with Gasteiger partial charge in [-0.05, 0) is 23.8 Å². The van der Waals surface area contributed by atoms with Crippen molar-refractivity contribution in [1.82, 2.24) is 5.32 Å². The molecule has 0 saturated heterocycles. The maximum Gasteiger partial charge on any atom is 0.256 e. The summed E-state index contributed by atoms with van der Waals surface area (Å²) in [6.07, 6.45) is 1.73. The van der Waals surface area contributed by atoms with E-state index in [1.54, 1.807) is 18.2 Å².